The van der Waals surface area contributed by atoms with Gasteiger partial charge in [-0.05, 0) is 44.2 Å². The van der Waals surface area contributed by atoms with Crippen LogP contribution in [0.15, 0.2) is 36.4 Å². The number of nitrogen functional groups attached to an aromatic ring is 1. The fraction of sp³-hybridized carbons (Fsp3) is 0.250. The van der Waals surface area contributed by atoms with Crippen molar-refractivity contribution in [3.63, 3.8) is 0 Å². The first-order chi connectivity index (χ1) is 10.0. The van der Waals surface area contributed by atoms with Crippen molar-refractivity contribution in [2.45, 2.75) is 20.4 Å². The summed E-state index contributed by atoms with van der Waals surface area (Å²) in [5, 5.41) is 9.35. The van der Waals surface area contributed by atoms with Crippen LogP contribution in [0.5, 0.6) is 0 Å². The van der Waals surface area contributed by atoms with Crippen LogP contribution in [0.3, 0.4) is 0 Å². The van der Waals surface area contributed by atoms with Crippen molar-refractivity contribution in [1.29, 1.82) is 0 Å². The molecule has 0 aliphatic carbocycles. The summed E-state index contributed by atoms with van der Waals surface area (Å²) in [4.78, 5) is 17.8. The van der Waals surface area contributed by atoms with Gasteiger partial charge in [-0.3, -0.25) is 4.98 Å². The van der Waals surface area contributed by atoms with E-state index in [1.807, 2.05) is 36.9 Å². The van der Waals surface area contributed by atoms with Crippen molar-refractivity contribution in [3.05, 3.63) is 53.3 Å². The van der Waals surface area contributed by atoms with E-state index in [0.717, 1.165) is 11.4 Å². The maximum atomic E-state index is 11.4. The molecule has 110 valence electrons. The van der Waals surface area contributed by atoms with Crippen molar-refractivity contribution in [2.75, 3.05) is 17.2 Å². The van der Waals surface area contributed by atoms with E-state index in [9.17, 15) is 9.90 Å². The smallest absolute Gasteiger partial charge is 0.337 e. The number of benzene rings is 1. The Kier molecular flexibility index (Phi) is 4.42. The zero-order valence-electron chi connectivity index (χ0n) is 12.2. The Bertz CT molecular complexity index is 656. The van der Waals surface area contributed by atoms with Crippen molar-refractivity contribution >= 4 is 17.3 Å². The fourth-order valence-corrected chi connectivity index (χ4v) is 2.25. The number of carbonyl (C=O) groups is 1. The summed E-state index contributed by atoms with van der Waals surface area (Å²) in [6.07, 6.45) is 0. The molecule has 1 aromatic carbocycles. The molecule has 0 aliphatic rings. The number of hydrogen-bond donors (Lipinski definition) is 2. The number of aromatic nitrogens is 1. The average molecular weight is 285 g/mol. The molecule has 0 fully saturated rings. The first-order valence-electron chi connectivity index (χ1n) is 6.81. The summed E-state index contributed by atoms with van der Waals surface area (Å²) in [6.45, 7) is 5.16. The van der Waals surface area contributed by atoms with Gasteiger partial charge in [0.05, 0.1) is 23.5 Å². The minimum absolute atomic E-state index is 0.213. The summed E-state index contributed by atoms with van der Waals surface area (Å²) < 4.78 is 0. The van der Waals surface area contributed by atoms with Gasteiger partial charge in [0.25, 0.3) is 0 Å². The normalized spacial score (nSPS) is 10.4. The highest BCUT2D eigenvalue weighted by Gasteiger charge is 2.16. The van der Waals surface area contributed by atoms with Crippen molar-refractivity contribution < 1.29 is 9.90 Å². The summed E-state index contributed by atoms with van der Waals surface area (Å²) in [5.74, 6) is -0.979. The number of carboxylic acids is 1. The lowest BCUT2D eigenvalue weighted by molar-refractivity contribution is 0.0697. The van der Waals surface area contributed by atoms with E-state index in [1.54, 1.807) is 12.1 Å². The molecule has 0 atom stereocenters. The van der Waals surface area contributed by atoms with Crippen LogP contribution < -0.4 is 10.6 Å². The lowest BCUT2D eigenvalue weighted by atomic mass is 10.1. The molecule has 21 heavy (non-hydrogen) atoms. The van der Waals surface area contributed by atoms with Gasteiger partial charge >= 0.3 is 5.97 Å². The van der Waals surface area contributed by atoms with Crippen LogP contribution in [0.1, 0.15) is 28.7 Å². The Morgan fingerprint density at radius 2 is 2.10 bits per heavy atom. The molecule has 1 aromatic heterocycles. The lowest BCUT2D eigenvalue weighted by Crippen LogP contribution is -2.25. The van der Waals surface area contributed by atoms with Crippen LogP contribution in [0.2, 0.25) is 0 Å². The van der Waals surface area contributed by atoms with Crippen molar-refractivity contribution in [2.24, 2.45) is 0 Å². The Morgan fingerprint density at radius 3 is 2.71 bits per heavy atom. The van der Waals surface area contributed by atoms with E-state index in [2.05, 4.69) is 4.98 Å². The molecule has 0 radical (unpaired) electrons. The molecule has 5 nitrogen and oxygen atoms in total. The van der Waals surface area contributed by atoms with Gasteiger partial charge in [-0.1, -0.05) is 6.07 Å². The third-order valence-corrected chi connectivity index (χ3v) is 3.27. The second kappa shape index (κ2) is 6.26. The third-order valence-electron chi connectivity index (χ3n) is 3.27. The molecule has 0 unspecified atom stereocenters. The topological polar surface area (TPSA) is 79.5 Å². The monoisotopic (exact) mass is 285 g/mol. The van der Waals surface area contributed by atoms with Gasteiger partial charge < -0.3 is 15.7 Å². The quantitative estimate of drug-likeness (QED) is 0.826. The minimum atomic E-state index is -0.979. The number of carboxylic acid groups (broad SMARTS) is 1. The zero-order chi connectivity index (χ0) is 15.4. The second-order valence-corrected chi connectivity index (χ2v) is 4.87. The maximum absolute atomic E-state index is 11.4. The molecule has 3 N–H and O–H groups in total. The largest absolute Gasteiger partial charge is 0.478 e. The number of pyridine rings is 1. The molecule has 0 saturated heterocycles. The molecule has 0 saturated carbocycles. The SMILES string of the molecule is CCN(Cc1cccc(C)n1)c1ccc(N)cc1C(=O)O. The molecule has 5 heteroatoms. The Hall–Kier alpha value is -2.56. The first kappa shape index (κ1) is 14.8. The molecule has 0 bridgehead atoms. The van der Waals surface area contributed by atoms with Gasteiger partial charge in [-0.25, -0.2) is 4.79 Å². The molecule has 2 aromatic rings. The van der Waals surface area contributed by atoms with Crippen LogP contribution >= 0.6 is 0 Å². The maximum Gasteiger partial charge on any atom is 0.337 e. The molecular formula is C16H19N3O2. The van der Waals surface area contributed by atoms with Crippen LogP contribution in [-0.2, 0) is 6.54 Å². The predicted molar refractivity (Wildman–Crippen MR) is 83.5 cm³/mol. The van der Waals surface area contributed by atoms with Crippen molar-refractivity contribution in [3.8, 4) is 0 Å². The summed E-state index contributed by atoms with van der Waals surface area (Å²) >= 11 is 0. The highest BCUT2D eigenvalue weighted by molar-refractivity contribution is 5.95. The second-order valence-electron chi connectivity index (χ2n) is 4.87. The highest BCUT2D eigenvalue weighted by Crippen LogP contribution is 2.24. The highest BCUT2D eigenvalue weighted by atomic mass is 16.4. The molecule has 0 spiro atoms. The number of hydrogen-bond acceptors (Lipinski definition) is 4. The van der Waals surface area contributed by atoms with Crippen molar-refractivity contribution in [1.82, 2.24) is 4.98 Å². The fourth-order valence-electron chi connectivity index (χ4n) is 2.25. The van der Waals surface area contributed by atoms with Crippen LogP contribution in [0, 0.1) is 6.92 Å². The Morgan fingerprint density at radius 1 is 1.33 bits per heavy atom. The Labute approximate surface area is 124 Å². The van der Waals surface area contributed by atoms with Gasteiger partial charge in [0.1, 0.15) is 0 Å². The van der Waals surface area contributed by atoms with Gasteiger partial charge in [0.2, 0.25) is 0 Å². The molecule has 0 amide bonds. The minimum Gasteiger partial charge on any atom is -0.478 e. The van der Waals surface area contributed by atoms with E-state index in [0.29, 0.717) is 24.5 Å². The third kappa shape index (κ3) is 3.51. The summed E-state index contributed by atoms with van der Waals surface area (Å²) in [5.41, 5.74) is 8.85. The number of anilines is 2. The molecule has 1 heterocycles. The van der Waals surface area contributed by atoms with E-state index in [4.69, 9.17) is 5.73 Å². The molecule has 0 aliphatic heterocycles. The first-order valence-corrected chi connectivity index (χ1v) is 6.81. The number of rotatable bonds is 5. The van der Waals surface area contributed by atoms with Crippen LogP contribution in [-0.4, -0.2) is 22.6 Å². The Balaban J connectivity index is 2.35. The molecular weight excluding hydrogens is 266 g/mol. The van der Waals surface area contributed by atoms with E-state index < -0.39 is 5.97 Å². The lowest BCUT2D eigenvalue weighted by Gasteiger charge is -2.24. The standard InChI is InChI=1S/C16H19N3O2/c1-3-19(10-13-6-4-5-11(2)18-13)15-8-7-12(17)9-14(15)16(20)21/h4-9H,3,10,17H2,1-2H3,(H,20,21). The zero-order valence-corrected chi connectivity index (χ0v) is 12.2. The molecule has 2 rings (SSSR count). The average Bonchev–Trinajstić information content (AvgIpc) is 2.45. The van der Waals surface area contributed by atoms with E-state index >= 15 is 0 Å². The summed E-state index contributed by atoms with van der Waals surface area (Å²) in [7, 11) is 0. The number of nitrogens with two attached hydrogens (primary N) is 1. The summed E-state index contributed by atoms with van der Waals surface area (Å²) in [6, 6.07) is 10.8. The predicted octanol–water partition coefficient (Wildman–Crippen LogP) is 2.70. The van der Waals surface area contributed by atoms with E-state index in [-0.39, 0.29) is 5.56 Å². The number of nitrogens with zero attached hydrogens (tertiary/aromatic N) is 2. The van der Waals surface area contributed by atoms with Gasteiger partial charge in [0, 0.05) is 17.9 Å². The van der Waals surface area contributed by atoms with E-state index in [1.165, 1.54) is 6.07 Å². The van der Waals surface area contributed by atoms with Gasteiger partial charge in [-0.15, -0.1) is 0 Å². The van der Waals surface area contributed by atoms with Crippen LogP contribution in [0.4, 0.5) is 11.4 Å². The number of aromatic carboxylic acids is 1. The van der Waals surface area contributed by atoms with Gasteiger partial charge in [0.15, 0.2) is 0 Å². The van der Waals surface area contributed by atoms with Gasteiger partial charge in [-0.2, -0.15) is 0 Å². The van der Waals surface area contributed by atoms with Crippen LogP contribution in [0.25, 0.3) is 0 Å². The number of aryl methyl sites for hydroxylation is 1.